The summed E-state index contributed by atoms with van der Waals surface area (Å²) in [5.74, 6) is -0.472. The Morgan fingerprint density at radius 1 is 1.12 bits per heavy atom. The molecule has 136 valence electrons. The highest BCUT2D eigenvalue weighted by Crippen LogP contribution is 2.19. The number of benzene rings is 2. The van der Waals surface area contributed by atoms with Gasteiger partial charge in [-0.15, -0.1) is 0 Å². The third-order valence-corrected chi connectivity index (χ3v) is 3.64. The van der Waals surface area contributed by atoms with E-state index in [1.807, 2.05) is 36.4 Å². The summed E-state index contributed by atoms with van der Waals surface area (Å²) in [5, 5.41) is 2.67. The van der Waals surface area contributed by atoms with Crippen molar-refractivity contribution in [1.82, 2.24) is 5.32 Å². The molecule has 26 heavy (non-hydrogen) atoms. The molecule has 0 radical (unpaired) electrons. The maximum atomic E-state index is 11.6. The molecule has 0 heterocycles. The number of carbonyl (C=O) groups is 2. The molecule has 6 heteroatoms. The first-order valence-electron chi connectivity index (χ1n) is 8.19. The van der Waals surface area contributed by atoms with Crippen LogP contribution < -0.4 is 11.1 Å². The summed E-state index contributed by atoms with van der Waals surface area (Å²) in [4.78, 5) is 23.2. The number of rotatable bonds is 7. The van der Waals surface area contributed by atoms with Gasteiger partial charge in [-0.05, 0) is 23.6 Å². The zero-order chi connectivity index (χ0) is 18.8. The monoisotopic (exact) mass is 354 g/mol. The molecular weight excluding hydrogens is 332 g/mol. The van der Waals surface area contributed by atoms with Crippen LogP contribution in [0.5, 0.6) is 0 Å². The number of carbonyl (C=O) groups excluding carboxylic acids is 2. The lowest BCUT2D eigenvalue weighted by Gasteiger charge is -2.07. The van der Waals surface area contributed by atoms with Crippen molar-refractivity contribution >= 4 is 23.8 Å². The van der Waals surface area contributed by atoms with E-state index in [-0.39, 0.29) is 6.61 Å². The molecule has 0 fully saturated rings. The number of hydrogen-bond donors (Lipinski definition) is 2. The Bertz CT molecular complexity index is 773. The largest absolute Gasteiger partial charge is 0.465 e. The molecule has 2 rings (SSSR count). The minimum Gasteiger partial charge on any atom is -0.465 e. The molecular formula is C20H22N2O4. The number of anilines is 1. The van der Waals surface area contributed by atoms with Gasteiger partial charge in [0.25, 0.3) is 0 Å². The summed E-state index contributed by atoms with van der Waals surface area (Å²) in [6.45, 7) is 0.667. The van der Waals surface area contributed by atoms with Crippen LogP contribution in [0.4, 0.5) is 10.5 Å². The number of ether oxygens (including phenoxy) is 2. The lowest BCUT2D eigenvalue weighted by Crippen LogP contribution is -2.24. The van der Waals surface area contributed by atoms with E-state index in [2.05, 4.69) is 5.32 Å². The van der Waals surface area contributed by atoms with Gasteiger partial charge in [0.05, 0.1) is 18.4 Å². The van der Waals surface area contributed by atoms with Gasteiger partial charge >= 0.3 is 12.1 Å². The Morgan fingerprint density at radius 3 is 2.62 bits per heavy atom. The van der Waals surface area contributed by atoms with Crippen LogP contribution in [-0.2, 0) is 16.1 Å². The Kier molecular flexibility index (Phi) is 7.24. The number of hydrogen-bond acceptors (Lipinski definition) is 5. The van der Waals surface area contributed by atoms with E-state index in [4.69, 9.17) is 15.2 Å². The fourth-order valence-electron chi connectivity index (χ4n) is 2.26. The molecule has 3 N–H and O–H groups in total. The van der Waals surface area contributed by atoms with Crippen molar-refractivity contribution in [2.75, 3.05) is 19.4 Å². The van der Waals surface area contributed by atoms with Gasteiger partial charge in [-0.2, -0.15) is 0 Å². The zero-order valence-corrected chi connectivity index (χ0v) is 14.6. The van der Waals surface area contributed by atoms with E-state index >= 15 is 0 Å². The summed E-state index contributed by atoms with van der Waals surface area (Å²) >= 11 is 0. The van der Waals surface area contributed by atoms with Crippen LogP contribution in [0.25, 0.3) is 6.08 Å². The molecule has 2 aromatic rings. The van der Waals surface area contributed by atoms with Crippen molar-refractivity contribution < 1.29 is 19.1 Å². The smallest absolute Gasteiger partial charge is 0.407 e. The molecule has 0 atom stereocenters. The Labute approximate surface area is 152 Å². The van der Waals surface area contributed by atoms with Gasteiger partial charge in [-0.3, -0.25) is 0 Å². The van der Waals surface area contributed by atoms with E-state index in [0.717, 1.165) is 11.1 Å². The molecule has 0 bridgehead atoms. The van der Waals surface area contributed by atoms with E-state index in [0.29, 0.717) is 24.2 Å². The van der Waals surface area contributed by atoms with Crippen LogP contribution in [0, 0.1) is 0 Å². The number of nitrogen functional groups attached to an aromatic ring is 1. The number of amides is 1. The number of para-hydroxylation sites is 1. The first-order chi connectivity index (χ1) is 12.6. The van der Waals surface area contributed by atoms with Gasteiger partial charge in [0.15, 0.2) is 0 Å². The van der Waals surface area contributed by atoms with Crippen molar-refractivity contribution in [3.8, 4) is 0 Å². The highest BCUT2D eigenvalue weighted by molar-refractivity contribution is 5.97. The van der Waals surface area contributed by atoms with Crippen molar-refractivity contribution in [2.24, 2.45) is 0 Å². The summed E-state index contributed by atoms with van der Waals surface area (Å²) in [6, 6.07) is 14.6. The summed E-state index contributed by atoms with van der Waals surface area (Å²) in [7, 11) is 1.31. The minimum atomic E-state index is -0.472. The van der Waals surface area contributed by atoms with Crippen LogP contribution in [0.15, 0.2) is 54.6 Å². The second-order valence-electron chi connectivity index (χ2n) is 5.48. The van der Waals surface area contributed by atoms with Crippen molar-refractivity contribution in [2.45, 2.75) is 13.0 Å². The van der Waals surface area contributed by atoms with Crippen LogP contribution >= 0.6 is 0 Å². The summed E-state index contributed by atoms with van der Waals surface area (Å²) in [6.07, 6.45) is 3.81. The van der Waals surface area contributed by atoms with Gasteiger partial charge in [-0.1, -0.05) is 54.6 Å². The predicted octanol–water partition coefficient (Wildman–Crippen LogP) is 3.39. The number of nitrogens with two attached hydrogens (primary N) is 1. The average molecular weight is 354 g/mol. The molecule has 0 saturated carbocycles. The van der Waals surface area contributed by atoms with Crippen molar-refractivity contribution in [3.63, 3.8) is 0 Å². The summed E-state index contributed by atoms with van der Waals surface area (Å²) in [5.41, 5.74) is 8.33. The topological polar surface area (TPSA) is 90.6 Å². The molecule has 0 aliphatic heterocycles. The molecule has 0 aliphatic carbocycles. The van der Waals surface area contributed by atoms with E-state index in [1.54, 1.807) is 24.3 Å². The fourth-order valence-corrected chi connectivity index (χ4v) is 2.26. The van der Waals surface area contributed by atoms with Crippen LogP contribution in [0.1, 0.15) is 27.9 Å². The second kappa shape index (κ2) is 9.88. The lowest BCUT2D eigenvalue weighted by molar-refractivity contribution is 0.0602. The molecule has 2 aromatic carbocycles. The maximum absolute atomic E-state index is 11.6. The third-order valence-electron chi connectivity index (χ3n) is 3.64. The van der Waals surface area contributed by atoms with Crippen LogP contribution in [-0.4, -0.2) is 25.7 Å². The summed E-state index contributed by atoms with van der Waals surface area (Å²) < 4.78 is 9.81. The average Bonchev–Trinajstić information content (AvgIpc) is 2.67. The van der Waals surface area contributed by atoms with Crippen molar-refractivity contribution in [3.05, 3.63) is 71.3 Å². The van der Waals surface area contributed by atoms with Crippen molar-refractivity contribution in [1.29, 1.82) is 0 Å². The van der Waals surface area contributed by atoms with E-state index in [1.165, 1.54) is 7.11 Å². The zero-order valence-electron chi connectivity index (χ0n) is 14.6. The third kappa shape index (κ3) is 5.66. The van der Waals surface area contributed by atoms with Gasteiger partial charge in [0.1, 0.15) is 6.61 Å². The van der Waals surface area contributed by atoms with Gasteiger partial charge < -0.3 is 20.5 Å². The number of nitrogens with one attached hydrogen (secondary N) is 1. The van der Waals surface area contributed by atoms with Crippen LogP contribution in [0.2, 0.25) is 0 Å². The molecule has 0 spiro atoms. The number of alkyl carbamates (subject to hydrolysis) is 1. The fraction of sp³-hybridized carbons (Fsp3) is 0.200. The normalized spacial score (nSPS) is 10.5. The van der Waals surface area contributed by atoms with E-state index < -0.39 is 12.1 Å². The highest BCUT2D eigenvalue weighted by Gasteiger charge is 2.11. The molecule has 0 unspecified atom stereocenters. The molecule has 0 saturated heterocycles. The first kappa shape index (κ1) is 19.1. The first-order valence-corrected chi connectivity index (χ1v) is 8.19. The highest BCUT2D eigenvalue weighted by atomic mass is 16.5. The Morgan fingerprint density at radius 2 is 1.88 bits per heavy atom. The van der Waals surface area contributed by atoms with Gasteiger partial charge in [0, 0.05) is 6.54 Å². The van der Waals surface area contributed by atoms with Gasteiger partial charge in [-0.25, -0.2) is 9.59 Å². The predicted molar refractivity (Wildman–Crippen MR) is 100 cm³/mol. The minimum absolute atomic E-state index is 0.235. The molecule has 0 aliphatic rings. The number of esters is 1. The Balaban J connectivity index is 1.75. The molecule has 0 aromatic heterocycles. The quantitative estimate of drug-likeness (QED) is 0.452. The van der Waals surface area contributed by atoms with Crippen LogP contribution in [0.3, 0.4) is 0 Å². The molecule has 6 nitrogen and oxygen atoms in total. The molecule has 1 amide bonds. The number of methoxy groups -OCH3 is 1. The SMILES string of the molecule is COC(=O)c1cccc(C=CCCNC(=O)OCc2ccccc2)c1N. The maximum Gasteiger partial charge on any atom is 0.407 e. The van der Waals surface area contributed by atoms with E-state index in [9.17, 15) is 9.59 Å². The second-order valence-corrected chi connectivity index (χ2v) is 5.48. The standard InChI is InChI=1S/C20H22N2O4/c1-25-19(23)17-12-7-11-16(18(17)21)10-5-6-13-22-20(24)26-14-15-8-3-2-4-9-15/h2-5,7-12H,6,13-14,21H2,1H3,(H,22,24). The lowest BCUT2D eigenvalue weighted by atomic mass is 10.1. The Hall–Kier alpha value is -3.28. The van der Waals surface area contributed by atoms with Gasteiger partial charge in [0.2, 0.25) is 0 Å².